The normalized spacial score (nSPS) is 16.5. The van der Waals surface area contributed by atoms with E-state index in [0.29, 0.717) is 17.0 Å². The zero-order valence-electron chi connectivity index (χ0n) is 17.0. The van der Waals surface area contributed by atoms with E-state index in [1.807, 2.05) is 67.8 Å². The van der Waals surface area contributed by atoms with Crippen molar-refractivity contribution in [3.8, 4) is 0 Å². The summed E-state index contributed by atoms with van der Waals surface area (Å²) in [5.74, 6) is -0.493. The smallest absolute Gasteiger partial charge is 0.282 e. The second kappa shape index (κ2) is 7.26. The van der Waals surface area contributed by atoms with Crippen LogP contribution in [0.2, 0.25) is 0 Å². The van der Waals surface area contributed by atoms with Crippen molar-refractivity contribution < 1.29 is 9.59 Å². The van der Waals surface area contributed by atoms with Crippen molar-refractivity contribution in [1.29, 1.82) is 0 Å². The first-order valence-corrected chi connectivity index (χ1v) is 11.0. The van der Waals surface area contributed by atoms with E-state index in [4.69, 9.17) is 0 Å². The van der Waals surface area contributed by atoms with Crippen LogP contribution in [0.15, 0.2) is 65.7 Å². The maximum Gasteiger partial charge on any atom is 0.282 e. The van der Waals surface area contributed by atoms with Crippen LogP contribution in [0.5, 0.6) is 0 Å². The Balaban J connectivity index is 1.68. The fraction of sp³-hybridized carbons (Fsp3) is 0.200. The van der Waals surface area contributed by atoms with Crippen molar-refractivity contribution in [2.45, 2.75) is 26.7 Å². The average molecular weight is 415 g/mol. The van der Waals surface area contributed by atoms with Crippen LogP contribution in [0, 0.1) is 13.8 Å². The van der Waals surface area contributed by atoms with E-state index in [1.54, 1.807) is 0 Å². The number of imide groups is 1. The van der Waals surface area contributed by atoms with Gasteiger partial charge < -0.3 is 4.90 Å². The number of thiophene rings is 1. The number of carbonyl (C=O) groups is 2. The van der Waals surface area contributed by atoms with Gasteiger partial charge in [-0.25, -0.2) is 4.90 Å². The molecule has 0 N–H and O–H groups in total. The van der Waals surface area contributed by atoms with Gasteiger partial charge in [-0.1, -0.05) is 30.3 Å². The topological polar surface area (TPSA) is 40.6 Å². The first-order valence-electron chi connectivity index (χ1n) is 10.2. The summed E-state index contributed by atoms with van der Waals surface area (Å²) in [6.07, 6.45) is 1.93. The van der Waals surface area contributed by atoms with Crippen molar-refractivity contribution in [3.05, 3.63) is 87.2 Å². The number of carbonyl (C=O) groups excluding carboxylic acids is 2. The third-order valence-electron chi connectivity index (χ3n) is 5.96. The molecular weight excluding hydrogens is 392 g/mol. The minimum atomic E-state index is -0.247. The number of fused-ring (bicyclic) bond motifs is 1. The van der Waals surface area contributed by atoms with Gasteiger partial charge in [0, 0.05) is 17.1 Å². The quantitative estimate of drug-likeness (QED) is 0.560. The molecule has 1 aromatic heterocycles. The summed E-state index contributed by atoms with van der Waals surface area (Å²) in [5.41, 5.74) is 6.06. The molecule has 5 heteroatoms. The molecular formula is C25H22N2O2S. The molecule has 0 saturated carbocycles. The highest BCUT2D eigenvalue weighted by Gasteiger charge is 2.44. The number of para-hydroxylation sites is 1. The molecule has 0 unspecified atom stereocenters. The number of anilines is 2. The summed E-state index contributed by atoms with van der Waals surface area (Å²) in [4.78, 5) is 31.6. The van der Waals surface area contributed by atoms with Gasteiger partial charge in [0.2, 0.25) is 0 Å². The molecule has 30 heavy (non-hydrogen) atoms. The Labute approximate surface area is 180 Å². The predicted octanol–water partition coefficient (Wildman–Crippen LogP) is 5.10. The van der Waals surface area contributed by atoms with E-state index in [2.05, 4.69) is 11.0 Å². The highest BCUT2D eigenvalue weighted by molar-refractivity contribution is 7.11. The highest BCUT2D eigenvalue weighted by Crippen LogP contribution is 2.40. The van der Waals surface area contributed by atoms with Crippen LogP contribution in [-0.4, -0.2) is 18.4 Å². The van der Waals surface area contributed by atoms with Gasteiger partial charge in [0.05, 0.1) is 11.3 Å². The van der Waals surface area contributed by atoms with Crippen LogP contribution < -0.4 is 9.80 Å². The summed E-state index contributed by atoms with van der Waals surface area (Å²) in [5, 5.41) is 1.94. The Hall–Kier alpha value is -3.18. The second-order valence-corrected chi connectivity index (χ2v) is 8.75. The number of benzene rings is 2. The van der Waals surface area contributed by atoms with Crippen LogP contribution in [0.4, 0.5) is 11.4 Å². The van der Waals surface area contributed by atoms with E-state index < -0.39 is 0 Å². The molecule has 2 aliphatic rings. The fourth-order valence-electron chi connectivity index (χ4n) is 4.28. The molecule has 2 aliphatic heterocycles. The third kappa shape index (κ3) is 2.89. The van der Waals surface area contributed by atoms with Gasteiger partial charge in [-0.05, 0) is 73.0 Å². The largest absolute Gasteiger partial charge is 0.336 e. The maximum absolute atomic E-state index is 13.7. The van der Waals surface area contributed by atoms with Crippen LogP contribution in [0.3, 0.4) is 0 Å². The molecule has 0 atom stereocenters. The van der Waals surface area contributed by atoms with E-state index in [9.17, 15) is 9.59 Å². The Bertz CT molecular complexity index is 1190. The predicted molar refractivity (Wildman–Crippen MR) is 122 cm³/mol. The van der Waals surface area contributed by atoms with Crippen molar-refractivity contribution >= 4 is 40.1 Å². The minimum absolute atomic E-state index is 0.247. The second-order valence-electron chi connectivity index (χ2n) is 7.80. The Morgan fingerprint density at radius 3 is 2.50 bits per heavy atom. The van der Waals surface area contributed by atoms with Crippen LogP contribution in [-0.2, 0) is 16.0 Å². The molecule has 0 spiro atoms. The standard InChI is InChI=1S/C25H22N2O2S/c1-16-11-12-19(15-17(16)2)27-24(28)22(21-10-6-14-30-21)23(25(27)29)26-13-5-8-18-7-3-4-9-20(18)26/h3-4,6-7,9-12,14-15H,5,8,13H2,1-2H3. The number of nitrogens with zero attached hydrogens (tertiary/aromatic N) is 2. The van der Waals surface area contributed by atoms with Crippen molar-refractivity contribution in [3.63, 3.8) is 0 Å². The zero-order valence-corrected chi connectivity index (χ0v) is 17.8. The number of rotatable bonds is 3. The average Bonchev–Trinajstić information content (AvgIpc) is 3.36. The number of hydrogen-bond acceptors (Lipinski definition) is 4. The van der Waals surface area contributed by atoms with Gasteiger partial charge in [0.25, 0.3) is 11.8 Å². The summed E-state index contributed by atoms with van der Waals surface area (Å²) in [7, 11) is 0. The Kier molecular flexibility index (Phi) is 4.55. The third-order valence-corrected chi connectivity index (χ3v) is 6.84. The molecule has 150 valence electrons. The SMILES string of the molecule is Cc1ccc(N2C(=O)C(c3cccs3)=C(N3CCCc4ccccc43)C2=O)cc1C. The van der Waals surface area contributed by atoms with E-state index in [-0.39, 0.29) is 11.8 Å². The van der Waals surface area contributed by atoms with E-state index in [1.165, 1.54) is 21.8 Å². The molecule has 5 rings (SSSR count). The summed E-state index contributed by atoms with van der Waals surface area (Å²) >= 11 is 1.49. The highest BCUT2D eigenvalue weighted by atomic mass is 32.1. The van der Waals surface area contributed by atoms with Gasteiger partial charge in [-0.2, -0.15) is 0 Å². The first-order chi connectivity index (χ1) is 14.6. The minimum Gasteiger partial charge on any atom is -0.336 e. The lowest BCUT2D eigenvalue weighted by Gasteiger charge is -2.32. The van der Waals surface area contributed by atoms with Gasteiger partial charge in [0.15, 0.2) is 0 Å². The zero-order chi connectivity index (χ0) is 20.8. The Morgan fingerprint density at radius 2 is 1.73 bits per heavy atom. The first kappa shape index (κ1) is 18.8. The van der Waals surface area contributed by atoms with Gasteiger partial charge in [0.1, 0.15) is 5.70 Å². The van der Waals surface area contributed by atoms with Gasteiger partial charge in [-0.15, -0.1) is 11.3 Å². The fourth-order valence-corrected chi connectivity index (χ4v) is 5.04. The van der Waals surface area contributed by atoms with Crippen LogP contribution in [0.25, 0.3) is 5.57 Å². The van der Waals surface area contributed by atoms with Crippen LogP contribution >= 0.6 is 11.3 Å². The van der Waals surface area contributed by atoms with E-state index in [0.717, 1.165) is 41.1 Å². The molecule has 0 bridgehead atoms. The van der Waals surface area contributed by atoms with Gasteiger partial charge >= 0.3 is 0 Å². The molecule has 2 aromatic carbocycles. The molecule has 0 radical (unpaired) electrons. The summed E-state index contributed by atoms with van der Waals surface area (Å²) < 4.78 is 0. The number of hydrogen-bond donors (Lipinski definition) is 0. The lowest BCUT2D eigenvalue weighted by Crippen LogP contribution is -2.37. The lowest BCUT2D eigenvalue weighted by atomic mass is 10.00. The van der Waals surface area contributed by atoms with Gasteiger partial charge in [-0.3, -0.25) is 9.59 Å². The van der Waals surface area contributed by atoms with Crippen molar-refractivity contribution in [2.24, 2.45) is 0 Å². The Morgan fingerprint density at radius 1 is 0.900 bits per heavy atom. The van der Waals surface area contributed by atoms with Crippen LogP contribution in [0.1, 0.15) is 28.0 Å². The van der Waals surface area contributed by atoms with Crippen molar-refractivity contribution in [2.75, 3.05) is 16.3 Å². The van der Waals surface area contributed by atoms with Crippen molar-refractivity contribution in [1.82, 2.24) is 0 Å². The molecule has 0 aliphatic carbocycles. The molecule has 0 saturated heterocycles. The molecule has 4 nitrogen and oxygen atoms in total. The summed E-state index contributed by atoms with van der Waals surface area (Å²) in [6.45, 7) is 4.75. The number of amides is 2. The molecule has 0 fully saturated rings. The number of aryl methyl sites for hydroxylation is 3. The summed E-state index contributed by atoms with van der Waals surface area (Å²) in [6, 6.07) is 17.8. The maximum atomic E-state index is 13.7. The molecule has 3 aromatic rings. The lowest BCUT2D eigenvalue weighted by molar-refractivity contribution is -0.120. The molecule has 2 amide bonds. The van der Waals surface area contributed by atoms with E-state index >= 15 is 0 Å². The molecule has 3 heterocycles. The monoisotopic (exact) mass is 414 g/mol.